The Hall–Kier alpha value is -2.56. The molecule has 0 fully saturated rings. The van der Waals surface area contributed by atoms with Crippen molar-refractivity contribution in [1.82, 2.24) is 0 Å². The van der Waals surface area contributed by atoms with Crippen LogP contribution in [0.4, 0.5) is 17.1 Å². The van der Waals surface area contributed by atoms with Crippen LogP contribution in [0.3, 0.4) is 0 Å². The largest absolute Gasteiger partial charge is 0.495 e. The molecule has 0 amide bonds. The molecule has 0 aliphatic carbocycles. The zero-order chi connectivity index (χ0) is 14.7. The highest BCUT2D eigenvalue weighted by molar-refractivity contribution is 5.68. The first-order valence-corrected chi connectivity index (χ1v) is 6.86. The van der Waals surface area contributed by atoms with Crippen LogP contribution >= 0.6 is 0 Å². The summed E-state index contributed by atoms with van der Waals surface area (Å²) in [5, 5.41) is 3.31. The molecule has 0 aromatic heterocycles. The molecule has 3 N–H and O–H groups in total. The van der Waals surface area contributed by atoms with Crippen molar-refractivity contribution in [1.29, 1.82) is 0 Å². The molecular weight excluding hydrogens is 268 g/mol. The molecule has 21 heavy (non-hydrogen) atoms. The fraction of sp³-hybridized carbons (Fsp3) is 0.250. The summed E-state index contributed by atoms with van der Waals surface area (Å²) in [6.07, 6.45) is 0.895. The van der Waals surface area contributed by atoms with Gasteiger partial charge in [-0.2, -0.15) is 0 Å². The molecule has 1 aliphatic heterocycles. The van der Waals surface area contributed by atoms with E-state index < -0.39 is 0 Å². The molecule has 0 saturated heterocycles. The Morgan fingerprint density at radius 1 is 1.00 bits per heavy atom. The zero-order valence-corrected chi connectivity index (χ0v) is 11.9. The SMILES string of the molecule is COc1cc(Nc2ccc3c(c2)OCCCO3)ccc1N. The van der Waals surface area contributed by atoms with E-state index in [0.717, 1.165) is 29.3 Å². The van der Waals surface area contributed by atoms with Crippen molar-refractivity contribution in [3.05, 3.63) is 36.4 Å². The minimum atomic E-state index is 0.613. The second-order valence-electron chi connectivity index (χ2n) is 4.79. The summed E-state index contributed by atoms with van der Waals surface area (Å²) < 4.78 is 16.5. The molecule has 0 saturated carbocycles. The number of hydrogen-bond donors (Lipinski definition) is 2. The third kappa shape index (κ3) is 2.97. The lowest BCUT2D eigenvalue weighted by Gasteiger charge is -2.12. The molecule has 0 unspecified atom stereocenters. The third-order valence-corrected chi connectivity index (χ3v) is 3.27. The molecule has 5 heteroatoms. The van der Waals surface area contributed by atoms with Crippen LogP contribution in [0.15, 0.2) is 36.4 Å². The van der Waals surface area contributed by atoms with Crippen molar-refractivity contribution in [2.45, 2.75) is 6.42 Å². The van der Waals surface area contributed by atoms with Gasteiger partial charge in [0.15, 0.2) is 11.5 Å². The normalized spacial score (nSPS) is 13.4. The summed E-state index contributed by atoms with van der Waals surface area (Å²) in [6.45, 7) is 1.36. The lowest BCUT2D eigenvalue weighted by molar-refractivity contribution is 0.297. The van der Waals surface area contributed by atoms with Crippen LogP contribution in [-0.4, -0.2) is 20.3 Å². The number of rotatable bonds is 3. The van der Waals surface area contributed by atoms with E-state index in [1.807, 2.05) is 36.4 Å². The van der Waals surface area contributed by atoms with Gasteiger partial charge in [0.1, 0.15) is 5.75 Å². The molecule has 5 nitrogen and oxygen atoms in total. The van der Waals surface area contributed by atoms with Crippen molar-refractivity contribution in [2.24, 2.45) is 0 Å². The van der Waals surface area contributed by atoms with Gasteiger partial charge >= 0.3 is 0 Å². The quantitative estimate of drug-likeness (QED) is 0.848. The summed E-state index contributed by atoms with van der Waals surface area (Å²) in [6, 6.07) is 11.4. The maximum absolute atomic E-state index is 5.81. The van der Waals surface area contributed by atoms with Crippen LogP contribution in [0.2, 0.25) is 0 Å². The number of anilines is 3. The first kappa shape index (κ1) is 13.4. The first-order chi connectivity index (χ1) is 10.3. The number of ether oxygens (including phenoxy) is 3. The van der Waals surface area contributed by atoms with Crippen molar-refractivity contribution >= 4 is 17.1 Å². The second-order valence-corrected chi connectivity index (χ2v) is 4.79. The molecule has 1 aliphatic rings. The standard InChI is InChI=1S/C16H18N2O3/c1-19-15-9-11(3-5-13(15)17)18-12-4-6-14-16(10-12)21-8-2-7-20-14/h3-6,9-10,18H,2,7-8,17H2,1H3. The number of methoxy groups -OCH3 is 1. The Balaban J connectivity index is 1.83. The second kappa shape index (κ2) is 5.83. The minimum Gasteiger partial charge on any atom is -0.495 e. The van der Waals surface area contributed by atoms with Gasteiger partial charge in [0, 0.05) is 29.9 Å². The fourth-order valence-electron chi connectivity index (χ4n) is 2.20. The molecule has 110 valence electrons. The zero-order valence-electron chi connectivity index (χ0n) is 11.9. The highest BCUT2D eigenvalue weighted by Gasteiger charge is 2.11. The number of benzene rings is 2. The Kier molecular flexibility index (Phi) is 3.73. The van der Waals surface area contributed by atoms with E-state index >= 15 is 0 Å². The predicted molar refractivity (Wildman–Crippen MR) is 82.7 cm³/mol. The van der Waals surface area contributed by atoms with Gasteiger partial charge in [0.2, 0.25) is 0 Å². The lowest BCUT2D eigenvalue weighted by atomic mass is 10.2. The van der Waals surface area contributed by atoms with E-state index in [0.29, 0.717) is 24.7 Å². The van der Waals surface area contributed by atoms with Gasteiger partial charge in [-0.15, -0.1) is 0 Å². The number of fused-ring (bicyclic) bond motifs is 1. The third-order valence-electron chi connectivity index (χ3n) is 3.27. The van der Waals surface area contributed by atoms with Gasteiger partial charge in [-0.1, -0.05) is 0 Å². The number of nitrogens with two attached hydrogens (primary N) is 1. The van der Waals surface area contributed by atoms with Crippen molar-refractivity contribution in [3.63, 3.8) is 0 Å². The molecule has 0 radical (unpaired) electrons. The Morgan fingerprint density at radius 2 is 1.71 bits per heavy atom. The molecule has 0 bridgehead atoms. The van der Waals surface area contributed by atoms with Crippen molar-refractivity contribution in [3.8, 4) is 17.2 Å². The van der Waals surface area contributed by atoms with Gasteiger partial charge in [-0.05, 0) is 24.3 Å². The van der Waals surface area contributed by atoms with E-state index in [9.17, 15) is 0 Å². The van der Waals surface area contributed by atoms with E-state index in [2.05, 4.69) is 5.32 Å². The minimum absolute atomic E-state index is 0.613. The summed E-state index contributed by atoms with van der Waals surface area (Å²) in [5.41, 5.74) is 8.25. The highest BCUT2D eigenvalue weighted by atomic mass is 16.5. The van der Waals surface area contributed by atoms with E-state index in [1.165, 1.54) is 0 Å². The fourth-order valence-corrected chi connectivity index (χ4v) is 2.20. The predicted octanol–water partition coefficient (Wildman–Crippen LogP) is 3.18. The van der Waals surface area contributed by atoms with Crippen molar-refractivity contribution in [2.75, 3.05) is 31.4 Å². The summed E-state index contributed by atoms with van der Waals surface area (Å²) in [5.74, 6) is 2.20. The number of hydrogen-bond acceptors (Lipinski definition) is 5. The van der Waals surface area contributed by atoms with Gasteiger partial charge in [0.05, 0.1) is 26.0 Å². The number of nitrogens with one attached hydrogen (secondary N) is 1. The van der Waals surface area contributed by atoms with Crippen LogP contribution in [-0.2, 0) is 0 Å². The van der Waals surface area contributed by atoms with E-state index in [1.54, 1.807) is 7.11 Å². The van der Waals surface area contributed by atoms with Gasteiger partial charge in [0.25, 0.3) is 0 Å². The Labute approximate surface area is 123 Å². The van der Waals surface area contributed by atoms with Gasteiger partial charge in [-0.3, -0.25) is 0 Å². The summed E-state index contributed by atoms with van der Waals surface area (Å²) in [4.78, 5) is 0. The average molecular weight is 286 g/mol. The van der Waals surface area contributed by atoms with Gasteiger partial charge < -0.3 is 25.3 Å². The van der Waals surface area contributed by atoms with Crippen LogP contribution in [0.1, 0.15) is 6.42 Å². The highest BCUT2D eigenvalue weighted by Crippen LogP contribution is 2.34. The van der Waals surface area contributed by atoms with E-state index in [-0.39, 0.29) is 0 Å². The van der Waals surface area contributed by atoms with Crippen LogP contribution in [0.25, 0.3) is 0 Å². The molecule has 2 aromatic rings. The molecule has 0 spiro atoms. The monoisotopic (exact) mass is 286 g/mol. The topological polar surface area (TPSA) is 65.7 Å². The number of nitrogen functional groups attached to an aromatic ring is 1. The molecule has 0 atom stereocenters. The maximum atomic E-state index is 5.81. The first-order valence-electron chi connectivity index (χ1n) is 6.86. The van der Waals surface area contributed by atoms with Gasteiger partial charge in [-0.25, -0.2) is 0 Å². The maximum Gasteiger partial charge on any atom is 0.163 e. The Morgan fingerprint density at radius 3 is 2.52 bits per heavy atom. The molecular formula is C16H18N2O3. The summed E-state index contributed by atoms with van der Waals surface area (Å²) >= 11 is 0. The average Bonchev–Trinajstić information content (AvgIpc) is 2.74. The van der Waals surface area contributed by atoms with Crippen LogP contribution < -0.4 is 25.3 Å². The van der Waals surface area contributed by atoms with Crippen LogP contribution in [0.5, 0.6) is 17.2 Å². The van der Waals surface area contributed by atoms with Crippen molar-refractivity contribution < 1.29 is 14.2 Å². The molecule has 1 heterocycles. The summed E-state index contributed by atoms with van der Waals surface area (Å²) in [7, 11) is 1.60. The molecule has 3 rings (SSSR count). The lowest BCUT2D eigenvalue weighted by Crippen LogP contribution is -1.97. The molecule has 2 aromatic carbocycles. The Bertz CT molecular complexity index is 643. The van der Waals surface area contributed by atoms with E-state index in [4.69, 9.17) is 19.9 Å². The van der Waals surface area contributed by atoms with Crippen LogP contribution in [0, 0.1) is 0 Å². The smallest absolute Gasteiger partial charge is 0.163 e.